The molecule has 1 aliphatic rings. The van der Waals surface area contributed by atoms with Crippen molar-refractivity contribution < 1.29 is 14.4 Å². The number of nitrogens with one attached hydrogen (secondary N) is 2. The van der Waals surface area contributed by atoms with Crippen LogP contribution in [0.25, 0.3) is 10.9 Å². The second kappa shape index (κ2) is 6.21. The van der Waals surface area contributed by atoms with E-state index in [1.54, 1.807) is 49.4 Å². The molecule has 2 aromatic carbocycles. The van der Waals surface area contributed by atoms with Gasteiger partial charge >= 0.3 is 6.03 Å². The van der Waals surface area contributed by atoms with E-state index in [1.165, 1.54) is 0 Å². The zero-order valence-corrected chi connectivity index (χ0v) is 14.5. The summed E-state index contributed by atoms with van der Waals surface area (Å²) in [5.41, 5.74) is 2.50. The van der Waals surface area contributed by atoms with Crippen molar-refractivity contribution in [2.24, 2.45) is 0 Å². The number of fused-ring (bicyclic) bond motifs is 1. The first-order chi connectivity index (χ1) is 13.0. The van der Waals surface area contributed by atoms with Gasteiger partial charge in [-0.2, -0.15) is 5.01 Å². The highest BCUT2D eigenvalue weighted by Crippen LogP contribution is 2.27. The average Bonchev–Trinajstić information content (AvgIpc) is 2.92. The van der Waals surface area contributed by atoms with E-state index in [0.717, 1.165) is 5.39 Å². The van der Waals surface area contributed by atoms with Crippen molar-refractivity contribution in [1.29, 1.82) is 0 Å². The molecular formula is C20H16N4O3. The number of aromatic nitrogens is 1. The van der Waals surface area contributed by atoms with Crippen molar-refractivity contribution in [1.82, 2.24) is 20.7 Å². The van der Waals surface area contributed by atoms with Gasteiger partial charge in [-0.25, -0.2) is 9.78 Å². The Morgan fingerprint density at radius 3 is 2.48 bits per heavy atom. The minimum atomic E-state index is -1.25. The number of urea groups is 1. The number of hydrazine groups is 1. The Bertz CT molecular complexity index is 1070. The van der Waals surface area contributed by atoms with Crippen LogP contribution in [0.15, 0.2) is 66.7 Å². The van der Waals surface area contributed by atoms with Crippen LogP contribution in [0, 0.1) is 0 Å². The van der Waals surface area contributed by atoms with Gasteiger partial charge in [0.15, 0.2) is 0 Å². The molecule has 1 atom stereocenters. The highest BCUT2D eigenvalue weighted by molar-refractivity contribution is 6.09. The molecule has 0 bridgehead atoms. The van der Waals surface area contributed by atoms with Crippen molar-refractivity contribution in [3.63, 3.8) is 0 Å². The molecule has 7 heteroatoms. The van der Waals surface area contributed by atoms with Gasteiger partial charge in [-0.15, -0.1) is 0 Å². The molecule has 0 aliphatic carbocycles. The van der Waals surface area contributed by atoms with Gasteiger partial charge in [-0.05, 0) is 24.6 Å². The molecular weight excluding hydrogens is 344 g/mol. The number of imide groups is 1. The predicted molar refractivity (Wildman–Crippen MR) is 98.4 cm³/mol. The van der Waals surface area contributed by atoms with E-state index in [-0.39, 0.29) is 5.69 Å². The molecule has 0 radical (unpaired) electrons. The quantitative estimate of drug-likeness (QED) is 0.702. The lowest BCUT2D eigenvalue weighted by atomic mass is 9.92. The monoisotopic (exact) mass is 360 g/mol. The summed E-state index contributed by atoms with van der Waals surface area (Å²) in [6, 6.07) is 18.8. The molecule has 1 aromatic heterocycles. The van der Waals surface area contributed by atoms with Crippen molar-refractivity contribution in [3.05, 3.63) is 78.0 Å². The maximum atomic E-state index is 12.8. The van der Waals surface area contributed by atoms with Crippen LogP contribution in [-0.4, -0.2) is 27.8 Å². The standard InChI is InChI=1S/C20H16N4O3/c1-20(14-8-3-2-4-9-14)18(26)24(19(27)22-20)23-17(25)16-12-11-13-7-5-6-10-15(13)21-16/h2-12H,1H3,(H,22,27)(H,23,25)/t20-/m1/s1. The smallest absolute Gasteiger partial charge is 0.318 e. The molecule has 1 aliphatic heterocycles. The minimum Gasteiger partial charge on any atom is -0.318 e. The van der Waals surface area contributed by atoms with Crippen molar-refractivity contribution in [2.75, 3.05) is 0 Å². The van der Waals surface area contributed by atoms with Crippen LogP contribution in [0.4, 0.5) is 4.79 Å². The first-order valence-corrected chi connectivity index (χ1v) is 8.38. The number of amides is 4. The number of pyridine rings is 1. The highest BCUT2D eigenvalue weighted by atomic mass is 16.2. The fourth-order valence-electron chi connectivity index (χ4n) is 3.06. The third-order valence-corrected chi connectivity index (χ3v) is 4.59. The second-order valence-corrected chi connectivity index (χ2v) is 6.39. The number of benzene rings is 2. The normalized spacial score (nSPS) is 19.2. The van der Waals surface area contributed by atoms with E-state index in [2.05, 4.69) is 15.7 Å². The number of carbonyl (C=O) groups is 3. The van der Waals surface area contributed by atoms with Crippen LogP contribution in [0.5, 0.6) is 0 Å². The third kappa shape index (κ3) is 2.79. The Morgan fingerprint density at radius 2 is 1.70 bits per heavy atom. The molecule has 0 spiro atoms. The molecule has 2 heterocycles. The van der Waals surface area contributed by atoms with Gasteiger partial charge in [0, 0.05) is 5.39 Å². The van der Waals surface area contributed by atoms with Gasteiger partial charge in [0.25, 0.3) is 11.8 Å². The van der Waals surface area contributed by atoms with Crippen LogP contribution in [0.3, 0.4) is 0 Å². The number of hydrogen-bond acceptors (Lipinski definition) is 4. The van der Waals surface area contributed by atoms with E-state index in [4.69, 9.17) is 0 Å². The molecule has 1 fully saturated rings. The van der Waals surface area contributed by atoms with E-state index in [1.807, 2.05) is 24.3 Å². The summed E-state index contributed by atoms with van der Waals surface area (Å²) >= 11 is 0. The van der Waals surface area contributed by atoms with Gasteiger partial charge in [0.2, 0.25) is 0 Å². The molecule has 27 heavy (non-hydrogen) atoms. The zero-order chi connectivity index (χ0) is 19.0. The number of nitrogens with zero attached hydrogens (tertiary/aromatic N) is 2. The first kappa shape index (κ1) is 16.7. The summed E-state index contributed by atoms with van der Waals surface area (Å²) in [5, 5.41) is 4.23. The summed E-state index contributed by atoms with van der Waals surface area (Å²) in [4.78, 5) is 42.0. The maximum absolute atomic E-state index is 12.8. The Labute approximate surface area is 155 Å². The SMILES string of the molecule is C[C@]1(c2ccccc2)NC(=O)N(NC(=O)c2ccc3ccccc3n2)C1=O. The highest BCUT2D eigenvalue weighted by Gasteiger charge is 2.50. The van der Waals surface area contributed by atoms with Crippen LogP contribution in [-0.2, 0) is 10.3 Å². The fourth-order valence-corrected chi connectivity index (χ4v) is 3.06. The molecule has 3 aromatic rings. The van der Waals surface area contributed by atoms with E-state index >= 15 is 0 Å². The van der Waals surface area contributed by atoms with E-state index < -0.39 is 23.4 Å². The number of rotatable bonds is 3. The molecule has 4 rings (SSSR count). The predicted octanol–water partition coefficient (Wildman–Crippen LogP) is 2.35. The molecule has 0 saturated carbocycles. The van der Waals surface area contributed by atoms with Gasteiger partial charge in [-0.3, -0.25) is 15.0 Å². The number of hydrogen-bond donors (Lipinski definition) is 2. The van der Waals surface area contributed by atoms with Gasteiger partial charge in [0.1, 0.15) is 11.2 Å². The Hall–Kier alpha value is -3.74. The molecule has 1 saturated heterocycles. The Morgan fingerprint density at radius 1 is 1.00 bits per heavy atom. The summed E-state index contributed by atoms with van der Waals surface area (Å²) in [6.07, 6.45) is 0. The fraction of sp³-hybridized carbons (Fsp3) is 0.100. The molecule has 0 unspecified atom stereocenters. The lowest BCUT2D eigenvalue weighted by molar-refractivity contribution is -0.132. The Balaban J connectivity index is 1.59. The summed E-state index contributed by atoms with van der Waals surface area (Å²) in [5.74, 6) is -1.20. The van der Waals surface area contributed by atoms with Gasteiger partial charge < -0.3 is 5.32 Å². The summed E-state index contributed by atoms with van der Waals surface area (Å²) in [7, 11) is 0. The van der Waals surface area contributed by atoms with E-state index in [0.29, 0.717) is 16.1 Å². The molecule has 2 N–H and O–H groups in total. The number of carbonyl (C=O) groups excluding carboxylic acids is 3. The van der Waals surface area contributed by atoms with Crippen LogP contribution < -0.4 is 10.7 Å². The zero-order valence-electron chi connectivity index (χ0n) is 14.5. The number of para-hydroxylation sites is 1. The van der Waals surface area contributed by atoms with Crippen LogP contribution >= 0.6 is 0 Å². The third-order valence-electron chi connectivity index (χ3n) is 4.59. The second-order valence-electron chi connectivity index (χ2n) is 6.39. The topological polar surface area (TPSA) is 91.4 Å². The van der Waals surface area contributed by atoms with Crippen LogP contribution in [0.1, 0.15) is 23.0 Å². The van der Waals surface area contributed by atoms with Crippen molar-refractivity contribution in [3.8, 4) is 0 Å². The Kier molecular flexibility index (Phi) is 3.84. The summed E-state index contributed by atoms with van der Waals surface area (Å²) < 4.78 is 0. The van der Waals surface area contributed by atoms with Gasteiger partial charge in [0.05, 0.1) is 5.52 Å². The molecule has 7 nitrogen and oxygen atoms in total. The lowest BCUT2D eigenvalue weighted by Gasteiger charge is -2.22. The average molecular weight is 360 g/mol. The van der Waals surface area contributed by atoms with Crippen LogP contribution in [0.2, 0.25) is 0 Å². The maximum Gasteiger partial charge on any atom is 0.344 e. The molecule has 4 amide bonds. The van der Waals surface area contributed by atoms with Crippen molar-refractivity contribution in [2.45, 2.75) is 12.5 Å². The van der Waals surface area contributed by atoms with Gasteiger partial charge in [-0.1, -0.05) is 54.6 Å². The minimum absolute atomic E-state index is 0.114. The largest absolute Gasteiger partial charge is 0.344 e. The van der Waals surface area contributed by atoms with E-state index in [9.17, 15) is 14.4 Å². The summed E-state index contributed by atoms with van der Waals surface area (Å²) in [6.45, 7) is 1.60. The molecule has 134 valence electrons. The van der Waals surface area contributed by atoms with Crippen molar-refractivity contribution >= 4 is 28.7 Å². The first-order valence-electron chi connectivity index (χ1n) is 8.38. The lowest BCUT2D eigenvalue weighted by Crippen LogP contribution is -2.48.